The third-order valence-electron chi connectivity index (χ3n) is 4.30. The number of fused-ring (bicyclic) bond motifs is 1. The van der Waals surface area contributed by atoms with Crippen LogP contribution in [0.4, 0.5) is 4.39 Å². The van der Waals surface area contributed by atoms with Crippen LogP contribution < -0.4 is 0 Å². The van der Waals surface area contributed by atoms with Crippen LogP contribution in [0.25, 0.3) is 33.5 Å². The second kappa shape index (κ2) is 8.04. The number of nitrogens with zero attached hydrogens (tertiary/aromatic N) is 5. The Balaban J connectivity index is 1.90. The lowest BCUT2D eigenvalue weighted by atomic mass is 10.0. The molecule has 1 N–H and O–H groups in total. The second-order valence-corrected chi connectivity index (χ2v) is 6.98. The fraction of sp³-hybridized carbons (Fsp3) is 0.200. The zero-order valence-corrected chi connectivity index (χ0v) is 16.0. The van der Waals surface area contributed by atoms with Gasteiger partial charge in [0, 0.05) is 42.1 Å². The van der Waals surface area contributed by atoms with E-state index in [0.717, 1.165) is 22.2 Å². The Hall–Kier alpha value is -2.84. The fourth-order valence-corrected chi connectivity index (χ4v) is 3.32. The van der Waals surface area contributed by atoms with Gasteiger partial charge in [-0.1, -0.05) is 11.8 Å². The zero-order chi connectivity index (χ0) is 19.5. The van der Waals surface area contributed by atoms with Crippen LogP contribution in [0.1, 0.15) is 6.42 Å². The van der Waals surface area contributed by atoms with Crippen molar-refractivity contribution in [3.05, 3.63) is 54.6 Å². The highest BCUT2D eigenvalue weighted by atomic mass is 32.2. The summed E-state index contributed by atoms with van der Waals surface area (Å²) in [6.07, 6.45) is 6.17. The summed E-state index contributed by atoms with van der Waals surface area (Å²) in [5.74, 6) is -0.300. The number of hydrogen-bond acceptors (Lipinski definition) is 6. The molecule has 0 aliphatic heterocycles. The quantitative estimate of drug-likeness (QED) is 0.395. The van der Waals surface area contributed by atoms with Gasteiger partial charge in [0.05, 0.1) is 11.4 Å². The van der Waals surface area contributed by atoms with Gasteiger partial charge in [0.25, 0.3) is 0 Å². The van der Waals surface area contributed by atoms with Gasteiger partial charge in [-0.2, -0.15) is 5.10 Å². The smallest absolute Gasteiger partial charge is 0.187 e. The van der Waals surface area contributed by atoms with Crippen LogP contribution in [0, 0.1) is 5.82 Å². The van der Waals surface area contributed by atoms with Crippen molar-refractivity contribution in [3.63, 3.8) is 0 Å². The first-order valence-corrected chi connectivity index (χ1v) is 10.0. The largest absolute Gasteiger partial charge is 0.396 e. The number of hydrogen-bond donors (Lipinski definition) is 1. The fourth-order valence-electron chi connectivity index (χ4n) is 2.96. The first kappa shape index (κ1) is 18.5. The predicted molar refractivity (Wildman–Crippen MR) is 107 cm³/mol. The molecule has 0 radical (unpaired) electrons. The van der Waals surface area contributed by atoms with Crippen LogP contribution in [0.2, 0.25) is 0 Å². The Labute approximate surface area is 165 Å². The maximum atomic E-state index is 13.4. The van der Waals surface area contributed by atoms with Crippen LogP contribution >= 0.6 is 11.8 Å². The van der Waals surface area contributed by atoms with Gasteiger partial charge < -0.3 is 5.11 Å². The summed E-state index contributed by atoms with van der Waals surface area (Å²) in [5.41, 5.74) is 3.65. The minimum atomic E-state index is -0.300. The van der Waals surface area contributed by atoms with E-state index in [2.05, 4.69) is 15.1 Å². The minimum absolute atomic E-state index is 0.105. The third-order valence-corrected chi connectivity index (χ3v) is 4.86. The van der Waals surface area contributed by atoms with E-state index in [9.17, 15) is 4.39 Å². The molecule has 4 aromatic rings. The lowest BCUT2D eigenvalue weighted by Gasteiger charge is -2.09. The number of pyridine rings is 1. The lowest BCUT2D eigenvalue weighted by Crippen LogP contribution is -2.00. The van der Waals surface area contributed by atoms with E-state index in [-0.39, 0.29) is 12.4 Å². The minimum Gasteiger partial charge on any atom is -0.396 e. The van der Waals surface area contributed by atoms with Crippen molar-refractivity contribution in [1.29, 1.82) is 0 Å². The van der Waals surface area contributed by atoms with Gasteiger partial charge in [0.2, 0.25) is 0 Å². The normalized spacial score (nSPS) is 11.2. The van der Waals surface area contributed by atoms with Crippen LogP contribution in [0.5, 0.6) is 0 Å². The average Bonchev–Trinajstić information content (AvgIpc) is 3.13. The van der Waals surface area contributed by atoms with Crippen molar-refractivity contribution in [2.75, 3.05) is 12.9 Å². The molecule has 3 heterocycles. The predicted octanol–water partition coefficient (Wildman–Crippen LogP) is 3.80. The standard InChI is InChI=1S/C20H18FN5OS/c1-28-20-22-8-7-17(23-20)16-11-14-12-26(9-2-10-27)25-19(14)24-18(16)13-3-5-15(21)6-4-13/h3-8,11-12,27H,2,9-10H2,1H3. The van der Waals surface area contributed by atoms with Gasteiger partial charge in [-0.25, -0.2) is 19.3 Å². The van der Waals surface area contributed by atoms with E-state index in [4.69, 9.17) is 10.1 Å². The second-order valence-electron chi connectivity index (χ2n) is 6.20. The summed E-state index contributed by atoms with van der Waals surface area (Å²) in [6.45, 7) is 0.715. The molecule has 6 nitrogen and oxygen atoms in total. The Morgan fingerprint density at radius 2 is 1.96 bits per heavy atom. The van der Waals surface area contributed by atoms with E-state index in [0.29, 0.717) is 29.5 Å². The topological polar surface area (TPSA) is 76.7 Å². The molecular weight excluding hydrogens is 377 g/mol. The molecule has 1 aromatic carbocycles. The summed E-state index contributed by atoms with van der Waals surface area (Å²) in [4.78, 5) is 13.6. The molecule has 0 saturated heterocycles. The van der Waals surface area contributed by atoms with Crippen LogP contribution in [0.15, 0.2) is 53.9 Å². The van der Waals surface area contributed by atoms with E-state index in [1.165, 1.54) is 23.9 Å². The van der Waals surface area contributed by atoms with Gasteiger partial charge in [-0.05, 0) is 49.1 Å². The van der Waals surface area contributed by atoms with Crippen LogP contribution in [0.3, 0.4) is 0 Å². The zero-order valence-electron chi connectivity index (χ0n) is 15.2. The summed E-state index contributed by atoms with van der Waals surface area (Å²) in [5, 5.41) is 15.1. The SMILES string of the molecule is CSc1nccc(-c2cc3cn(CCCO)nc3nc2-c2ccc(F)cc2)n1. The number of benzene rings is 1. The molecule has 0 bridgehead atoms. The molecule has 0 atom stereocenters. The van der Waals surface area contributed by atoms with Crippen molar-refractivity contribution < 1.29 is 9.50 Å². The molecule has 0 unspecified atom stereocenters. The molecule has 0 aliphatic carbocycles. The van der Waals surface area contributed by atoms with E-state index >= 15 is 0 Å². The number of thioether (sulfide) groups is 1. The molecule has 3 aromatic heterocycles. The Bertz CT molecular complexity index is 1110. The number of aliphatic hydroxyl groups is 1. The monoisotopic (exact) mass is 395 g/mol. The maximum absolute atomic E-state index is 13.4. The van der Waals surface area contributed by atoms with Crippen molar-refractivity contribution in [2.24, 2.45) is 0 Å². The van der Waals surface area contributed by atoms with Gasteiger partial charge >= 0.3 is 0 Å². The highest BCUT2D eigenvalue weighted by Crippen LogP contribution is 2.32. The lowest BCUT2D eigenvalue weighted by molar-refractivity contribution is 0.277. The summed E-state index contributed by atoms with van der Waals surface area (Å²) >= 11 is 1.47. The number of halogens is 1. The van der Waals surface area contributed by atoms with E-state index in [1.54, 1.807) is 23.0 Å². The number of aryl methyl sites for hydroxylation is 1. The highest BCUT2D eigenvalue weighted by Gasteiger charge is 2.15. The van der Waals surface area contributed by atoms with Crippen molar-refractivity contribution in [3.8, 4) is 22.5 Å². The Morgan fingerprint density at radius 3 is 2.71 bits per heavy atom. The first-order valence-electron chi connectivity index (χ1n) is 8.80. The van der Waals surface area contributed by atoms with Gasteiger partial charge in [0.15, 0.2) is 10.8 Å². The Kier molecular flexibility index (Phi) is 5.31. The van der Waals surface area contributed by atoms with Crippen LogP contribution in [-0.4, -0.2) is 42.7 Å². The molecule has 28 heavy (non-hydrogen) atoms. The summed E-state index contributed by atoms with van der Waals surface area (Å²) in [7, 11) is 0. The van der Waals surface area contributed by atoms with Crippen molar-refractivity contribution in [1.82, 2.24) is 24.7 Å². The molecule has 142 valence electrons. The highest BCUT2D eigenvalue weighted by molar-refractivity contribution is 7.98. The number of aromatic nitrogens is 5. The van der Waals surface area contributed by atoms with E-state index < -0.39 is 0 Å². The number of rotatable bonds is 6. The molecule has 0 fully saturated rings. The third kappa shape index (κ3) is 3.74. The van der Waals surface area contributed by atoms with Crippen molar-refractivity contribution >= 4 is 22.8 Å². The van der Waals surface area contributed by atoms with Crippen LogP contribution in [-0.2, 0) is 6.54 Å². The average molecular weight is 395 g/mol. The number of aliphatic hydroxyl groups excluding tert-OH is 1. The molecule has 0 saturated carbocycles. The van der Waals surface area contributed by atoms with E-state index in [1.807, 2.05) is 24.6 Å². The maximum Gasteiger partial charge on any atom is 0.187 e. The molecule has 0 spiro atoms. The molecular formula is C20H18FN5OS. The van der Waals surface area contributed by atoms with Gasteiger partial charge in [-0.3, -0.25) is 4.68 Å². The molecule has 0 aliphatic rings. The molecule has 8 heteroatoms. The molecule has 0 amide bonds. The molecule has 4 rings (SSSR count). The first-order chi connectivity index (χ1) is 13.7. The summed E-state index contributed by atoms with van der Waals surface area (Å²) < 4.78 is 15.2. The Morgan fingerprint density at radius 1 is 1.14 bits per heavy atom. The summed E-state index contributed by atoms with van der Waals surface area (Å²) in [6, 6.07) is 10.1. The van der Waals surface area contributed by atoms with Gasteiger partial charge in [0.1, 0.15) is 5.82 Å². The van der Waals surface area contributed by atoms with Gasteiger partial charge in [-0.15, -0.1) is 0 Å². The van der Waals surface area contributed by atoms with Crippen molar-refractivity contribution in [2.45, 2.75) is 18.1 Å².